The average molecular weight is 358 g/mol. The molecule has 0 aliphatic carbocycles. The zero-order valence-electron chi connectivity index (χ0n) is 14.9. The highest BCUT2D eigenvalue weighted by molar-refractivity contribution is 5.94. The standard InChI is InChI=1S/C19H23FN4O2/c1-3-26-17-7-5-4-6-14(17)12-22-19(21-2)23-13-18(25)24-16-10-8-15(20)9-11-16/h4-11H,3,12-13H2,1-2H3,(H,24,25)(H2,21,22,23). The predicted molar refractivity (Wildman–Crippen MR) is 101 cm³/mol. The van der Waals surface area contributed by atoms with E-state index in [0.29, 0.717) is 24.8 Å². The largest absolute Gasteiger partial charge is 0.494 e. The molecular weight excluding hydrogens is 335 g/mol. The molecule has 0 atom stereocenters. The van der Waals surface area contributed by atoms with Crippen molar-refractivity contribution in [2.45, 2.75) is 13.5 Å². The lowest BCUT2D eigenvalue weighted by atomic mass is 10.2. The molecule has 3 N–H and O–H groups in total. The quantitative estimate of drug-likeness (QED) is 0.525. The molecule has 6 nitrogen and oxygen atoms in total. The molecule has 2 rings (SSSR count). The number of aliphatic imine (C=N–C) groups is 1. The number of amides is 1. The van der Waals surface area contributed by atoms with E-state index in [-0.39, 0.29) is 18.3 Å². The van der Waals surface area contributed by atoms with Crippen molar-refractivity contribution >= 4 is 17.6 Å². The number of rotatable bonds is 7. The molecule has 0 spiro atoms. The van der Waals surface area contributed by atoms with E-state index in [0.717, 1.165) is 11.3 Å². The number of carbonyl (C=O) groups is 1. The average Bonchev–Trinajstić information content (AvgIpc) is 2.65. The first kappa shape index (κ1) is 19.2. The van der Waals surface area contributed by atoms with Gasteiger partial charge in [-0.25, -0.2) is 4.39 Å². The maximum absolute atomic E-state index is 12.9. The van der Waals surface area contributed by atoms with Crippen molar-refractivity contribution in [3.8, 4) is 5.75 Å². The summed E-state index contributed by atoms with van der Waals surface area (Å²) in [5.41, 5.74) is 1.53. The topological polar surface area (TPSA) is 74.8 Å². The summed E-state index contributed by atoms with van der Waals surface area (Å²) in [6, 6.07) is 13.3. The van der Waals surface area contributed by atoms with E-state index in [1.807, 2.05) is 31.2 Å². The van der Waals surface area contributed by atoms with Crippen molar-refractivity contribution in [1.29, 1.82) is 0 Å². The number of hydrogen-bond donors (Lipinski definition) is 3. The van der Waals surface area contributed by atoms with Gasteiger partial charge < -0.3 is 20.7 Å². The molecule has 0 heterocycles. The van der Waals surface area contributed by atoms with E-state index >= 15 is 0 Å². The molecule has 0 fully saturated rings. The van der Waals surface area contributed by atoms with E-state index in [2.05, 4.69) is 20.9 Å². The number of nitrogens with zero attached hydrogens (tertiary/aromatic N) is 1. The first-order chi connectivity index (χ1) is 12.6. The molecule has 0 aromatic heterocycles. The lowest BCUT2D eigenvalue weighted by Gasteiger charge is -2.14. The van der Waals surface area contributed by atoms with Crippen LogP contribution < -0.4 is 20.7 Å². The van der Waals surface area contributed by atoms with Gasteiger partial charge >= 0.3 is 0 Å². The van der Waals surface area contributed by atoms with E-state index in [1.165, 1.54) is 24.3 Å². The fourth-order valence-electron chi connectivity index (χ4n) is 2.25. The molecule has 2 aromatic carbocycles. The minimum Gasteiger partial charge on any atom is -0.494 e. The van der Waals surface area contributed by atoms with Crippen LogP contribution in [0.1, 0.15) is 12.5 Å². The predicted octanol–water partition coefficient (Wildman–Crippen LogP) is 2.53. The van der Waals surface area contributed by atoms with E-state index in [1.54, 1.807) is 7.05 Å². The van der Waals surface area contributed by atoms with Crippen molar-refractivity contribution < 1.29 is 13.9 Å². The van der Waals surface area contributed by atoms with Crippen LogP contribution in [0.2, 0.25) is 0 Å². The number of halogens is 1. The maximum Gasteiger partial charge on any atom is 0.243 e. The summed E-state index contributed by atoms with van der Waals surface area (Å²) in [5.74, 6) is 0.699. The van der Waals surface area contributed by atoms with Gasteiger partial charge in [-0.05, 0) is 37.3 Å². The van der Waals surface area contributed by atoms with Crippen molar-refractivity contribution in [1.82, 2.24) is 10.6 Å². The number of nitrogens with one attached hydrogen (secondary N) is 3. The Bertz CT molecular complexity index is 747. The second-order valence-electron chi connectivity index (χ2n) is 5.38. The fraction of sp³-hybridized carbons (Fsp3) is 0.263. The van der Waals surface area contributed by atoms with E-state index < -0.39 is 0 Å². The molecule has 26 heavy (non-hydrogen) atoms. The number of ether oxygens (including phenoxy) is 1. The molecule has 7 heteroatoms. The molecule has 2 aromatic rings. The fourth-order valence-corrected chi connectivity index (χ4v) is 2.25. The minimum atomic E-state index is -0.349. The summed E-state index contributed by atoms with van der Waals surface area (Å²) in [5, 5.41) is 8.75. The van der Waals surface area contributed by atoms with E-state index in [4.69, 9.17) is 4.74 Å². The Labute approximate surface area is 152 Å². The highest BCUT2D eigenvalue weighted by Gasteiger charge is 2.06. The third-order valence-corrected chi connectivity index (χ3v) is 3.49. The van der Waals surface area contributed by atoms with Crippen LogP contribution in [0.15, 0.2) is 53.5 Å². The Morgan fingerprint density at radius 2 is 1.85 bits per heavy atom. The number of benzene rings is 2. The molecule has 0 aliphatic heterocycles. The zero-order valence-corrected chi connectivity index (χ0v) is 14.9. The Hall–Kier alpha value is -3.09. The molecule has 1 amide bonds. The van der Waals surface area contributed by atoms with Gasteiger partial charge in [-0.3, -0.25) is 9.79 Å². The summed E-state index contributed by atoms with van der Waals surface area (Å²) in [4.78, 5) is 16.1. The normalized spacial score (nSPS) is 11.0. The maximum atomic E-state index is 12.9. The molecule has 0 bridgehead atoms. The Morgan fingerprint density at radius 3 is 2.54 bits per heavy atom. The number of carbonyl (C=O) groups excluding carboxylic acids is 1. The van der Waals surface area contributed by atoms with Crippen LogP contribution in [0.4, 0.5) is 10.1 Å². The van der Waals surface area contributed by atoms with Gasteiger partial charge in [-0.1, -0.05) is 18.2 Å². The molecular formula is C19H23FN4O2. The lowest BCUT2D eigenvalue weighted by molar-refractivity contribution is -0.115. The molecule has 138 valence electrons. The van der Waals surface area contributed by atoms with Gasteiger partial charge in [0.1, 0.15) is 11.6 Å². The summed E-state index contributed by atoms with van der Waals surface area (Å²) < 4.78 is 18.5. The minimum absolute atomic E-state index is 0.0319. The van der Waals surface area contributed by atoms with Crippen molar-refractivity contribution in [2.24, 2.45) is 4.99 Å². The first-order valence-electron chi connectivity index (χ1n) is 8.33. The molecule has 0 radical (unpaired) electrons. The van der Waals surface area contributed by atoms with Crippen LogP contribution in [-0.4, -0.2) is 32.1 Å². The van der Waals surface area contributed by atoms with Crippen LogP contribution in [-0.2, 0) is 11.3 Å². The third kappa shape index (κ3) is 6.08. The van der Waals surface area contributed by atoms with Crippen molar-refractivity contribution in [3.63, 3.8) is 0 Å². The van der Waals surface area contributed by atoms with Crippen molar-refractivity contribution in [3.05, 3.63) is 59.9 Å². The Kier molecular flexibility index (Phi) is 7.42. The van der Waals surface area contributed by atoms with Crippen LogP contribution in [0.3, 0.4) is 0 Å². The number of anilines is 1. The molecule has 0 saturated heterocycles. The van der Waals surface area contributed by atoms with Crippen LogP contribution in [0.25, 0.3) is 0 Å². The molecule has 0 unspecified atom stereocenters. The molecule has 0 saturated carbocycles. The number of guanidine groups is 1. The van der Waals surface area contributed by atoms with Gasteiger partial charge in [0.05, 0.1) is 13.2 Å². The SMILES string of the molecule is CCOc1ccccc1CNC(=NC)NCC(=O)Nc1ccc(F)cc1. The Morgan fingerprint density at radius 1 is 1.12 bits per heavy atom. The summed E-state index contributed by atoms with van der Waals surface area (Å²) >= 11 is 0. The van der Waals surface area contributed by atoms with Crippen molar-refractivity contribution in [2.75, 3.05) is 25.5 Å². The highest BCUT2D eigenvalue weighted by atomic mass is 19.1. The number of para-hydroxylation sites is 1. The summed E-state index contributed by atoms with van der Waals surface area (Å²) in [7, 11) is 1.63. The van der Waals surface area contributed by atoms with Gasteiger partial charge in [0.15, 0.2) is 5.96 Å². The van der Waals surface area contributed by atoms with E-state index in [9.17, 15) is 9.18 Å². The second-order valence-corrected chi connectivity index (χ2v) is 5.38. The van der Waals surface area contributed by atoms with Gasteiger partial charge in [-0.2, -0.15) is 0 Å². The lowest BCUT2D eigenvalue weighted by Crippen LogP contribution is -2.41. The van der Waals surface area contributed by atoms with Crippen LogP contribution in [0, 0.1) is 5.82 Å². The summed E-state index contributed by atoms with van der Waals surface area (Å²) in [6.07, 6.45) is 0. The second kappa shape index (κ2) is 10.0. The first-order valence-corrected chi connectivity index (χ1v) is 8.33. The van der Waals surface area contributed by atoms with Gasteiger partial charge in [0, 0.05) is 24.8 Å². The monoisotopic (exact) mass is 358 g/mol. The third-order valence-electron chi connectivity index (χ3n) is 3.49. The summed E-state index contributed by atoms with van der Waals surface area (Å²) in [6.45, 7) is 3.07. The highest BCUT2D eigenvalue weighted by Crippen LogP contribution is 2.17. The smallest absolute Gasteiger partial charge is 0.243 e. The van der Waals surface area contributed by atoms with Gasteiger partial charge in [0.25, 0.3) is 0 Å². The Balaban J connectivity index is 1.82. The molecule has 0 aliphatic rings. The number of hydrogen-bond acceptors (Lipinski definition) is 3. The zero-order chi connectivity index (χ0) is 18.8. The van der Waals surface area contributed by atoms with Crippen LogP contribution in [0.5, 0.6) is 5.75 Å². The van der Waals surface area contributed by atoms with Crippen LogP contribution >= 0.6 is 0 Å². The van der Waals surface area contributed by atoms with Gasteiger partial charge in [-0.15, -0.1) is 0 Å². The van der Waals surface area contributed by atoms with Gasteiger partial charge in [0.2, 0.25) is 5.91 Å².